The highest BCUT2D eigenvalue weighted by atomic mass is 16.1. The Kier molecular flexibility index (Phi) is 4.03. The van der Waals surface area contributed by atoms with Gasteiger partial charge in [-0.1, -0.05) is 18.9 Å². The summed E-state index contributed by atoms with van der Waals surface area (Å²) in [5.41, 5.74) is 1.71. The van der Waals surface area contributed by atoms with E-state index in [0.717, 1.165) is 29.6 Å². The highest BCUT2D eigenvalue weighted by molar-refractivity contribution is 5.98. The summed E-state index contributed by atoms with van der Waals surface area (Å²) in [7, 11) is 1.98. The molecule has 2 aromatic heterocycles. The van der Waals surface area contributed by atoms with Gasteiger partial charge in [0.25, 0.3) is 5.91 Å². The van der Waals surface area contributed by atoms with Gasteiger partial charge in [-0.3, -0.25) is 4.79 Å². The Morgan fingerprint density at radius 3 is 2.88 bits per heavy atom. The standard InChI is InChI=1S/C19H23N5O/c1-13(18-22-20-12-24(18)16-5-3-4-6-16)21-19(25)15-8-7-14-9-10-23(2)17(14)11-15/h7-13,16H,3-6H2,1-2H3,(H,21,25)/t13-/m1/s1. The first-order valence-corrected chi connectivity index (χ1v) is 8.89. The van der Waals surface area contributed by atoms with Crippen LogP contribution in [-0.4, -0.2) is 25.2 Å². The second-order valence-electron chi connectivity index (χ2n) is 6.93. The molecule has 1 saturated carbocycles. The van der Waals surface area contributed by atoms with E-state index >= 15 is 0 Å². The van der Waals surface area contributed by atoms with Gasteiger partial charge in [-0.05, 0) is 43.4 Å². The SMILES string of the molecule is C[C@@H](NC(=O)c1ccc2ccn(C)c2c1)c1nncn1C1CCCC1. The molecule has 1 N–H and O–H groups in total. The lowest BCUT2D eigenvalue weighted by Gasteiger charge is -2.18. The zero-order valence-electron chi connectivity index (χ0n) is 14.6. The number of fused-ring (bicyclic) bond motifs is 1. The largest absolute Gasteiger partial charge is 0.351 e. The number of carbonyl (C=O) groups is 1. The summed E-state index contributed by atoms with van der Waals surface area (Å²) >= 11 is 0. The van der Waals surface area contributed by atoms with E-state index in [-0.39, 0.29) is 11.9 Å². The zero-order chi connectivity index (χ0) is 17.4. The fourth-order valence-electron chi connectivity index (χ4n) is 3.77. The maximum Gasteiger partial charge on any atom is 0.251 e. The highest BCUT2D eigenvalue weighted by Crippen LogP contribution is 2.31. The number of aromatic nitrogens is 4. The molecular weight excluding hydrogens is 314 g/mol. The van der Waals surface area contributed by atoms with E-state index in [2.05, 4.69) is 20.1 Å². The van der Waals surface area contributed by atoms with Gasteiger partial charge in [-0.2, -0.15) is 0 Å². The van der Waals surface area contributed by atoms with Gasteiger partial charge in [0.1, 0.15) is 6.33 Å². The first-order valence-electron chi connectivity index (χ1n) is 8.89. The summed E-state index contributed by atoms with van der Waals surface area (Å²) in [6.07, 6.45) is 8.62. The first-order chi connectivity index (χ1) is 12.1. The van der Waals surface area contributed by atoms with Crippen LogP contribution in [0.3, 0.4) is 0 Å². The second-order valence-corrected chi connectivity index (χ2v) is 6.93. The molecule has 1 fully saturated rings. The first kappa shape index (κ1) is 15.9. The van der Waals surface area contributed by atoms with E-state index in [4.69, 9.17) is 0 Å². The minimum absolute atomic E-state index is 0.0865. The molecule has 0 aliphatic heterocycles. The minimum Gasteiger partial charge on any atom is -0.351 e. The van der Waals surface area contributed by atoms with Crippen molar-refractivity contribution in [1.29, 1.82) is 0 Å². The average Bonchev–Trinajstić information content (AvgIpc) is 3.35. The van der Waals surface area contributed by atoms with Crippen LogP contribution in [0.15, 0.2) is 36.8 Å². The minimum atomic E-state index is -0.181. The Hall–Kier alpha value is -2.63. The number of benzene rings is 1. The maximum atomic E-state index is 12.7. The molecule has 0 spiro atoms. The van der Waals surface area contributed by atoms with Crippen molar-refractivity contribution in [3.63, 3.8) is 0 Å². The number of hydrogen-bond acceptors (Lipinski definition) is 3. The molecule has 1 aromatic carbocycles. The van der Waals surface area contributed by atoms with Crippen molar-refractivity contribution in [2.75, 3.05) is 0 Å². The predicted molar refractivity (Wildman–Crippen MR) is 96.3 cm³/mol. The molecule has 6 heteroatoms. The molecule has 4 rings (SSSR count). The molecule has 0 unspecified atom stereocenters. The number of amides is 1. The van der Waals surface area contributed by atoms with E-state index in [1.807, 2.05) is 49.0 Å². The van der Waals surface area contributed by atoms with E-state index < -0.39 is 0 Å². The zero-order valence-corrected chi connectivity index (χ0v) is 14.6. The van der Waals surface area contributed by atoms with Gasteiger partial charge in [0.05, 0.1) is 6.04 Å². The molecule has 1 atom stereocenters. The smallest absolute Gasteiger partial charge is 0.251 e. The number of rotatable bonds is 4. The molecule has 1 aliphatic carbocycles. The van der Waals surface area contributed by atoms with Gasteiger partial charge in [0.2, 0.25) is 0 Å². The van der Waals surface area contributed by atoms with E-state index in [9.17, 15) is 4.79 Å². The summed E-state index contributed by atoms with van der Waals surface area (Å²) in [5, 5.41) is 12.5. The van der Waals surface area contributed by atoms with Gasteiger partial charge >= 0.3 is 0 Å². The lowest BCUT2D eigenvalue weighted by molar-refractivity contribution is 0.0937. The third kappa shape index (κ3) is 2.92. The summed E-state index contributed by atoms with van der Waals surface area (Å²) in [4.78, 5) is 12.7. The Labute approximate surface area is 146 Å². The summed E-state index contributed by atoms with van der Waals surface area (Å²) < 4.78 is 4.16. The summed E-state index contributed by atoms with van der Waals surface area (Å²) in [5.74, 6) is 0.747. The number of nitrogens with zero attached hydrogens (tertiary/aromatic N) is 4. The van der Waals surface area contributed by atoms with Crippen LogP contribution in [0.25, 0.3) is 10.9 Å². The molecule has 3 aromatic rings. The van der Waals surface area contributed by atoms with Crippen molar-refractivity contribution in [2.45, 2.75) is 44.7 Å². The normalized spacial score (nSPS) is 16.4. The third-order valence-electron chi connectivity index (χ3n) is 5.20. The van der Waals surface area contributed by atoms with Crippen LogP contribution in [0.4, 0.5) is 0 Å². The van der Waals surface area contributed by atoms with Gasteiger partial charge in [-0.25, -0.2) is 0 Å². The predicted octanol–water partition coefficient (Wildman–Crippen LogP) is 3.38. The maximum absolute atomic E-state index is 12.7. The molecule has 0 radical (unpaired) electrons. The van der Waals surface area contributed by atoms with Crippen LogP contribution in [0.2, 0.25) is 0 Å². The van der Waals surface area contributed by atoms with Crippen LogP contribution in [-0.2, 0) is 7.05 Å². The monoisotopic (exact) mass is 337 g/mol. The molecule has 1 aliphatic rings. The Bertz CT molecular complexity index is 904. The molecule has 6 nitrogen and oxygen atoms in total. The third-order valence-corrected chi connectivity index (χ3v) is 5.20. The number of carbonyl (C=O) groups excluding carboxylic acids is 1. The van der Waals surface area contributed by atoms with E-state index in [1.54, 1.807) is 6.33 Å². The molecule has 1 amide bonds. The van der Waals surface area contributed by atoms with Crippen molar-refractivity contribution in [1.82, 2.24) is 24.6 Å². The number of nitrogens with one attached hydrogen (secondary N) is 1. The van der Waals surface area contributed by atoms with Gasteiger partial charge in [0.15, 0.2) is 5.82 Å². The number of hydrogen-bond donors (Lipinski definition) is 1. The van der Waals surface area contributed by atoms with Crippen molar-refractivity contribution < 1.29 is 4.79 Å². The quantitative estimate of drug-likeness (QED) is 0.794. The van der Waals surface area contributed by atoms with Crippen molar-refractivity contribution in [3.8, 4) is 0 Å². The Balaban J connectivity index is 1.53. The average molecular weight is 337 g/mol. The Morgan fingerprint density at radius 2 is 2.08 bits per heavy atom. The molecular formula is C19H23N5O. The molecule has 25 heavy (non-hydrogen) atoms. The van der Waals surface area contributed by atoms with Crippen molar-refractivity contribution in [2.24, 2.45) is 7.05 Å². The number of aryl methyl sites for hydroxylation is 1. The molecule has 130 valence electrons. The van der Waals surface area contributed by atoms with Crippen molar-refractivity contribution in [3.05, 3.63) is 48.2 Å². The lowest BCUT2D eigenvalue weighted by atomic mass is 10.1. The van der Waals surface area contributed by atoms with Crippen LogP contribution >= 0.6 is 0 Å². The fraction of sp³-hybridized carbons (Fsp3) is 0.421. The van der Waals surface area contributed by atoms with Gasteiger partial charge in [-0.15, -0.1) is 10.2 Å². The topological polar surface area (TPSA) is 64.7 Å². The lowest BCUT2D eigenvalue weighted by Crippen LogP contribution is -2.29. The van der Waals surface area contributed by atoms with Gasteiger partial charge < -0.3 is 14.5 Å². The Morgan fingerprint density at radius 1 is 1.28 bits per heavy atom. The molecule has 0 bridgehead atoms. The summed E-state index contributed by atoms with van der Waals surface area (Å²) in [6.45, 7) is 1.97. The molecule has 0 saturated heterocycles. The van der Waals surface area contributed by atoms with Crippen LogP contribution in [0.5, 0.6) is 0 Å². The van der Waals surface area contributed by atoms with Crippen LogP contribution in [0.1, 0.15) is 60.9 Å². The van der Waals surface area contributed by atoms with E-state index in [1.165, 1.54) is 12.8 Å². The second kappa shape index (κ2) is 6.35. The summed E-state index contributed by atoms with van der Waals surface area (Å²) in [6, 6.07) is 8.11. The highest BCUT2D eigenvalue weighted by Gasteiger charge is 2.23. The fourth-order valence-corrected chi connectivity index (χ4v) is 3.77. The van der Waals surface area contributed by atoms with E-state index in [0.29, 0.717) is 11.6 Å². The van der Waals surface area contributed by atoms with Gasteiger partial charge in [0, 0.05) is 30.4 Å². The van der Waals surface area contributed by atoms with Crippen molar-refractivity contribution >= 4 is 16.8 Å². The molecule has 2 heterocycles. The van der Waals surface area contributed by atoms with Crippen LogP contribution < -0.4 is 5.32 Å². The van der Waals surface area contributed by atoms with Crippen LogP contribution in [0, 0.1) is 0 Å².